The lowest BCUT2D eigenvalue weighted by Crippen LogP contribution is -2.51. The first kappa shape index (κ1) is 18.1. The Hall–Kier alpha value is -1.00. The van der Waals surface area contributed by atoms with E-state index in [4.69, 9.17) is 11.6 Å². The molecule has 0 saturated heterocycles. The second-order valence-corrected chi connectivity index (χ2v) is 6.95. The summed E-state index contributed by atoms with van der Waals surface area (Å²) in [5, 5.41) is 10.9. The van der Waals surface area contributed by atoms with E-state index < -0.39 is 51.0 Å². The molecule has 11 heteroatoms. The molecule has 1 aliphatic heterocycles. The van der Waals surface area contributed by atoms with Crippen LogP contribution >= 0.6 is 11.6 Å². The minimum atomic E-state index is -4.75. The molecule has 1 N–H and O–H groups in total. The Morgan fingerprint density at radius 3 is 2.48 bits per heavy atom. The van der Waals surface area contributed by atoms with E-state index in [0.29, 0.717) is 0 Å². The van der Waals surface area contributed by atoms with Crippen LogP contribution in [-0.2, 0) is 14.8 Å². The van der Waals surface area contributed by atoms with E-state index in [1.54, 1.807) is 0 Å². The minimum Gasteiger partial charge on any atom is -0.546 e. The van der Waals surface area contributed by atoms with Crippen molar-refractivity contribution in [3.05, 3.63) is 11.1 Å². The second kappa shape index (κ2) is 5.65. The highest BCUT2D eigenvalue weighted by atomic mass is 35.5. The summed E-state index contributed by atoms with van der Waals surface area (Å²) in [6.07, 6.45) is -5.08. The first-order valence-corrected chi connectivity index (χ1v) is 7.63. The van der Waals surface area contributed by atoms with E-state index in [1.807, 2.05) is 0 Å². The van der Waals surface area contributed by atoms with Crippen molar-refractivity contribution < 1.29 is 31.5 Å². The third-order valence-electron chi connectivity index (χ3n) is 3.06. The van der Waals surface area contributed by atoms with Gasteiger partial charge in [0, 0.05) is 19.7 Å². The standard InChI is InChI=1S/C10H14ClF3N2O4S/c1-3-7(10(12,13)14)15-21(19,20)6-4-9(11,8(17)18)16(2)5-6/h5,7,15H,3-4H2,1-2H3,(H,17,18)/p-1/t7-,9?/m0/s1. The first-order valence-electron chi connectivity index (χ1n) is 5.77. The topological polar surface area (TPSA) is 89.5 Å². The molecule has 1 rings (SSSR count). The average Bonchev–Trinajstić information content (AvgIpc) is 2.63. The zero-order chi connectivity index (χ0) is 16.6. The van der Waals surface area contributed by atoms with Gasteiger partial charge in [-0.3, -0.25) is 0 Å². The van der Waals surface area contributed by atoms with Crippen molar-refractivity contribution in [1.29, 1.82) is 0 Å². The minimum absolute atomic E-state index is 0.502. The van der Waals surface area contributed by atoms with Crippen molar-refractivity contribution >= 4 is 27.6 Å². The van der Waals surface area contributed by atoms with Crippen molar-refractivity contribution in [3.8, 4) is 0 Å². The second-order valence-electron chi connectivity index (χ2n) is 4.55. The van der Waals surface area contributed by atoms with Crippen molar-refractivity contribution in [2.75, 3.05) is 7.05 Å². The van der Waals surface area contributed by atoms with Gasteiger partial charge < -0.3 is 14.8 Å². The Balaban J connectivity index is 3.01. The molecule has 0 fully saturated rings. The van der Waals surface area contributed by atoms with Gasteiger partial charge in [0.25, 0.3) is 0 Å². The highest BCUT2D eigenvalue weighted by Crippen LogP contribution is 2.36. The summed E-state index contributed by atoms with van der Waals surface area (Å²) in [4.78, 5) is 9.11. The zero-order valence-corrected chi connectivity index (χ0v) is 12.6. The van der Waals surface area contributed by atoms with Gasteiger partial charge in [0.15, 0.2) is 5.00 Å². The monoisotopic (exact) mass is 349 g/mol. The number of carbonyl (C=O) groups excluding carboxylic acids is 1. The Kier molecular flexibility index (Phi) is 4.86. The smallest absolute Gasteiger partial charge is 0.404 e. The molecule has 21 heavy (non-hydrogen) atoms. The molecule has 0 aliphatic carbocycles. The lowest BCUT2D eigenvalue weighted by Gasteiger charge is -2.31. The molecule has 0 aromatic rings. The molecule has 0 radical (unpaired) electrons. The largest absolute Gasteiger partial charge is 0.546 e. The predicted molar refractivity (Wildman–Crippen MR) is 66.2 cm³/mol. The number of nitrogens with one attached hydrogen (secondary N) is 1. The number of carboxylic acids is 1. The van der Waals surface area contributed by atoms with E-state index in [0.717, 1.165) is 11.1 Å². The Labute approximate surface area is 124 Å². The molecule has 122 valence electrons. The van der Waals surface area contributed by atoms with Gasteiger partial charge >= 0.3 is 6.18 Å². The number of carbonyl (C=O) groups is 1. The molecule has 0 aromatic carbocycles. The maximum Gasteiger partial charge on any atom is 0.404 e. The molecule has 0 bridgehead atoms. The van der Waals surface area contributed by atoms with Gasteiger partial charge in [-0.1, -0.05) is 18.5 Å². The van der Waals surface area contributed by atoms with Gasteiger partial charge in [0.1, 0.15) is 6.04 Å². The van der Waals surface area contributed by atoms with Crippen LogP contribution in [-0.4, -0.2) is 43.6 Å². The van der Waals surface area contributed by atoms with Gasteiger partial charge in [-0.25, -0.2) is 8.42 Å². The molecule has 1 heterocycles. The summed E-state index contributed by atoms with van der Waals surface area (Å²) >= 11 is 5.71. The van der Waals surface area contributed by atoms with Crippen LogP contribution in [0.5, 0.6) is 0 Å². The van der Waals surface area contributed by atoms with Crippen molar-refractivity contribution in [1.82, 2.24) is 9.62 Å². The number of hydrogen-bond acceptors (Lipinski definition) is 5. The molecule has 0 saturated carbocycles. The van der Waals surface area contributed by atoms with Crippen LogP contribution in [0.25, 0.3) is 0 Å². The summed E-state index contributed by atoms with van der Waals surface area (Å²) in [6, 6.07) is -2.26. The highest BCUT2D eigenvalue weighted by molar-refractivity contribution is 7.93. The number of aliphatic carboxylic acids is 1. The Morgan fingerprint density at radius 1 is 1.62 bits per heavy atom. The fraction of sp³-hybridized carbons (Fsp3) is 0.700. The van der Waals surface area contributed by atoms with Crippen LogP contribution in [0, 0.1) is 0 Å². The number of rotatable bonds is 5. The van der Waals surface area contributed by atoms with Gasteiger partial charge in [0.05, 0.1) is 10.9 Å². The lowest BCUT2D eigenvalue weighted by molar-refractivity contribution is -0.312. The summed E-state index contributed by atoms with van der Waals surface area (Å²) < 4.78 is 63.2. The third kappa shape index (κ3) is 3.61. The van der Waals surface area contributed by atoms with Gasteiger partial charge in [-0.05, 0) is 6.42 Å². The predicted octanol–water partition coefficient (Wildman–Crippen LogP) is 0.109. The van der Waals surface area contributed by atoms with E-state index in [9.17, 15) is 31.5 Å². The molecule has 1 unspecified atom stereocenters. The number of alkyl halides is 4. The molecule has 0 amide bonds. The summed E-state index contributed by atoms with van der Waals surface area (Å²) in [5.74, 6) is -1.74. The third-order valence-corrected chi connectivity index (χ3v) is 5.15. The van der Waals surface area contributed by atoms with Crippen LogP contribution in [0.2, 0.25) is 0 Å². The number of nitrogens with zero attached hydrogens (tertiary/aromatic N) is 1. The number of halogens is 4. The average molecular weight is 350 g/mol. The quantitative estimate of drug-likeness (QED) is 0.562. The summed E-state index contributed by atoms with van der Waals surface area (Å²) in [7, 11) is -3.33. The van der Waals surface area contributed by atoms with E-state index in [-0.39, 0.29) is 0 Å². The lowest BCUT2D eigenvalue weighted by atomic mass is 10.2. The fourth-order valence-corrected chi connectivity index (χ4v) is 3.54. The molecule has 0 spiro atoms. The van der Waals surface area contributed by atoms with Crippen molar-refractivity contribution in [2.45, 2.75) is 37.0 Å². The van der Waals surface area contributed by atoms with Crippen LogP contribution in [0.3, 0.4) is 0 Å². The van der Waals surface area contributed by atoms with Crippen LogP contribution in [0.15, 0.2) is 11.1 Å². The summed E-state index contributed by atoms with van der Waals surface area (Å²) in [6.45, 7) is 1.17. The molecule has 1 aliphatic rings. The SMILES string of the molecule is CC[C@H](NS(=O)(=O)C1=CN(C)C(Cl)(C(=O)[O-])C1)C(F)(F)F. The van der Waals surface area contributed by atoms with Crippen LogP contribution < -0.4 is 9.83 Å². The summed E-state index contributed by atoms with van der Waals surface area (Å²) in [5.41, 5.74) is 0. The molecular weight excluding hydrogens is 337 g/mol. The molecular formula is C10H13ClF3N2O4S-. The zero-order valence-electron chi connectivity index (χ0n) is 11.1. The van der Waals surface area contributed by atoms with Crippen molar-refractivity contribution in [2.24, 2.45) is 0 Å². The Bertz CT molecular complexity index is 563. The number of hydrogen-bond donors (Lipinski definition) is 1. The van der Waals surface area contributed by atoms with Crippen LogP contribution in [0.4, 0.5) is 13.2 Å². The van der Waals surface area contributed by atoms with Gasteiger partial charge in [0.2, 0.25) is 10.0 Å². The number of likely N-dealkylation sites (N-methyl/N-ethyl adjacent to an activating group) is 1. The Morgan fingerprint density at radius 2 is 2.14 bits per heavy atom. The van der Waals surface area contributed by atoms with Gasteiger partial charge in [-0.2, -0.15) is 17.9 Å². The van der Waals surface area contributed by atoms with E-state index in [2.05, 4.69) is 0 Å². The normalized spacial score (nSPS) is 24.9. The number of sulfonamides is 1. The van der Waals surface area contributed by atoms with Crippen molar-refractivity contribution in [3.63, 3.8) is 0 Å². The maximum atomic E-state index is 12.6. The first-order chi connectivity index (χ1) is 9.34. The highest BCUT2D eigenvalue weighted by Gasteiger charge is 2.46. The molecule has 0 aromatic heterocycles. The van der Waals surface area contributed by atoms with E-state index in [1.165, 1.54) is 18.7 Å². The molecule has 2 atom stereocenters. The van der Waals surface area contributed by atoms with Crippen LogP contribution in [0.1, 0.15) is 19.8 Å². The number of carboxylic acid groups (broad SMARTS) is 1. The fourth-order valence-electron chi connectivity index (χ4n) is 1.74. The van der Waals surface area contributed by atoms with Gasteiger partial charge in [-0.15, -0.1) is 0 Å². The molecule has 6 nitrogen and oxygen atoms in total. The maximum absolute atomic E-state index is 12.6. The van der Waals surface area contributed by atoms with E-state index >= 15 is 0 Å².